The van der Waals surface area contributed by atoms with Gasteiger partial charge < -0.3 is 13.4 Å². The lowest BCUT2D eigenvalue weighted by Crippen LogP contribution is -2.25. The van der Waals surface area contributed by atoms with Crippen molar-refractivity contribution in [2.75, 3.05) is 0 Å². The van der Waals surface area contributed by atoms with Crippen molar-refractivity contribution in [1.29, 1.82) is 0 Å². The van der Waals surface area contributed by atoms with Gasteiger partial charge in [-0.25, -0.2) is 0 Å². The van der Waals surface area contributed by atoms with E-state index in [1.54, 1.807) is 0 Å². The second kappa shape index (κ2) is 9.44. The Morgan fingerprint density at radius 2 is 0.739 bits per heavy atom. The quantitative estimate of drug-likeness (QED) is 0.148. The van der Waals surface area contributed by atoms with Gasteiger partial charge in [0.1, 0.15) is 22.3 Å². The molecule has 2 heterocycles. The van der Waals surface area contributed by atoms with Crippen molar-refractivity contribution >= 4 is 99.2 Å². The van der Waals surface area contributed by atoms with E-state index < -0.39 is 7.14 Å². The Labute approximate surface area is 263 Å². The monoisotopic (exact) mass is 608 g/mol. The predicted molar refractivity (Wildman–Crippen MR) is 193 cm³/mol. The van der Waals surface area contributed by atoms with Crippen molar-refractivity contribution in [3.8, 4) is 0 Å². The third-order valence-electron chi connectivity index (χ3n) is 9.53. The number of rotatable bonds is 3. The summed E-state index contributed by atoms with van der Waals surface area (Å²) in [7, 11) is -3.50. The normalized spacial score (nSPS) is 12.4. The van der Waals surface area contributed by atoms with E-state index in [0.29, 0.717) is 0 Å². The first-order chi connectivity index (χ1) is 22.7. The van der Waals surface area contributed by atoms with E-state index in [1.807, 2.05) is 60.7 Å². The number of hydrogen-bond acceptors (Lipinski definition) is 3. The second-order valence-corrected chi connectivity index (χ2v) is 14.7. The first kappa shape index (κ1) is 25.7. The summed E-state index contributed by atoms with van der Waals surface area (Å²) in [6.45, 7) is 0. The maximum absolute atomic E-state index is 16.6. The molecule has 0 aliphatic heterocycles. The van der Waals surface area contributed by atoms with Crippen LogP contribution in [0.2, 0.25) is 0 Å². The largest absolute Gasteiger partial charge is 0.456 e. The topological polar surface area (TPSA) is 43.4 Å². The molecule has 0 radical (unpaired) electrons. The minimum Gasteiger partial charge on any atom is -0.456 e. The molecule has 0 spiro atoms. The van der Waals surface area contributed by atoms with Gasteiger partial charge >= 0.3 is 0 Å². The molecule has 0 bridgehead atoms. The van der Waals surface area contributed by atoms with Gasteiger partial charge in [0.2, 0.25) is 0 Å². The Morgan fingerprint density at radius 3 is 1.26 bits per heavy atom. The Hall–Kier alpha value is -5.63. The van der Waals surface area contributed by atoms with Crippen LogP contribution in [0.25, 0.3) is 76.2 Å². The molecular weight excluding hydrogens is 583 g/mol. The smallest absolute Gasteiger partial charge is 0.171 e. The summed E-state index contributed by atoms with van der Waals surface area (Å²) in [4.78, 5) is 0. The van der Waals surface area contributed by atoms with Crippen molar-refractivity contribution in [2.45, 2.75) is 0 Å². The average Bonchev–Trinajstić information content (AvgIpc) is 3.69. The van der Waals surface area contributed by atoms with Crippen LogP contribution >= 0.6 is 7.14 Å². The zero-order valence-electron chi connectivity index (χ0n) is 24.6. The van der Waals surface area contributed by atoms with Gasteiger partial charge in [-0.15, -0.1) is 0 Å². The van der Waals surface area contributed by atoms with Crippen LogP contribution < -0.4 is 15.9 Å². The summed E-state index contributed by atoms with van der Waals surface area (Å²) in [6.07, 6.45) is 0. The SMILES string of the molecule is O=P(c1ccc2oc3ccccc3c2c1)(c1ccc2oc3ccccc3c2c1)c1cccc2c3ccccc3c3ccccc3c12. The molecule has 0 amide bonds. The van der Waals surface area contributed by atoms with E-state index in [-0.39, 0.29) is 0 Å². The van der Waals surface area contributed by atoms with Crippen molar-refractivity contribution in [3.63, 3.8) is 0 Å². The molecule has 2 aromatic heterocycles. The zero-order chi connectivity index (χ0) is 30.4. The van der Waals surface area contributed by atoms with E-state index in [1.165, 1.54) is 5.39 Å². The molecular formula is C42H25O3P. The van der Waals surface area contributed by atoms with Crippen LogP contribution in [0.5, 0.6) is 0 Å². The first-order valence-electron chi connectivity index (χ1n) is 15.4. The van der Waals surface area contributed by atoms with E-state index >= 15 is 4.57 Å². The lowest BCUT2D eigenvalue weighted by atomic mass is 9.94. The molecule has 8 aromatic carbocycles. The van der Waals surface area contributed by atoms with Gasteiger partial charge in [0.25, 0.3) is 0 Å². The van der Waals surface area contributed by atoms with Gasteiger partial charge in [-0.1, -0.05) is 103 Å². The van der Waals surface area contributed by atoms with Gasteiger partial charge in [0, 0.05) is 42.8 Å². The van der Waals surface area contributed by atoms with E-state index in [2.05, 4.69) is 91.0 Å². The van der Waals surface area contributed by atoms with Crippen molar-refractivity contribution in [3.05, 3.63) is 152 Å². The van der Waals surface area contributed by atoms with Crippen LogP contribution in [-0.4, -0.2) is 0 Å². The minimum absolute atomic E-state index is 0.767. The van der Waals surface area contributed by atoms with Crippen LogP contribution in [0.15, 0.2) is 160 Å². The zero-order valence-corrected chi connectivity index (χ0v) is 25.5. The number of para-hydroxylation sites is 2. The molecule has 0 saturated heterocycles. The third-order valence-corrected chi connectivity index (χ3v) is 12.6. The highest BCUT2D eigenvalue weighted by Crippen LogP contribution is 2.48. The summed E-state index contributed by atoms with van der Waals surface area (Å²) >= 11 is 0. The molecule has 216 valence electrons. The summed E-state index contributed by atoms with van der Waals surface area (Å²) in [5.41, 5.74) is 3.20. The van der Waals surface area contributed by atoms with Crippen molar-refractivity contribution < 1.29 is 13.4 Å². The maximum Gasteiger partial charge on any atom is 0.171 e. The molecule has 10 aromatic rings. The molecule has 0 aliphatic rings. The van der Waals surface area contributed by atoms with Gasteiger partial charge in [0.15, 0.2) is 7.14 Å². The van der Waals surface area contributed by atoms with Gasteiger partial charge in [-0.2, -0.15) is 0 Å². The molecule has 10 rings (SSSR count). The molecule has 0 fully saturated rings. The fourth-order valence-electron chi connectivity index (χ4n) is 7.45. The van der Waals surface area contributed by atoms with E-state index in [4.69, 9.17) is 8.83 Å². The second-order valence-electron chi connectivity index (χ2n) is 12.0. The predicted octanol–water partition coefficient (Wildman–Crippen LogP) is 10.6. The van der Waals surface area contributed by atoms with E-state index in [9.17, 15) is 0 Å². The molecule has 3 nitrogen and oxygen atoms in total. The minimum atomic E-state index is -3.50. The molecule has 0 atom stereocenters. The van der Waals surface area contributed by atoms with Crippen LogP contribution in [0.1, 0.15) is 0 Å². The Balaban J connectivity index is 1.38. The summed E-state index contributed by atoms with van der Waals surface area (Å²) in [6, 6.07) is 51.5. The lowest BCUT2D eigenvalue weighted by Gasteiger charge is -2.23. The molecule has 4 heteroatoms. The van der Waals surface area contributed by atoms with Crippen molar-refractivity contribution in [1.82, 2.24) is 0 Å². The summed E-state index contributed by atoms with van der Waals surface area (Å²) in [5.74, 6) is 0. The van der Waals surface area contributed by atoms with Gasteiger partial charge in [0.05, 0.1) is 0 Å². The number of furan rings is 2. The lowest BCUT2D eigenvalue weighted by molar-refractivity contribution is 0.592. The first-order valence-corrected chi connectivity index (χ1v) is 17.2. The average molecular weight is 609 g/mol. The van der Waals surface area contributed by atoms with E-state index in [0.717, 1.165) is 86.7 Å². The molecule has 0 saturated carbocycles. The molecule has 0 aliphatic carbocycles. The summed E-state index contributed by atoms with van der Waals surface area (Å²) < 4.78 is 29.0. The van der Waals surface area contributed by atoms with Crippen LogP contribution in [0.4, 0.5) is 0 Å². The third kappa shape index (κ3) is 3.46. The molecule has 0 N–H and O–H groups in total. The fraction of sp³-hybridized carbons (Fsp3) is 0. The number of hydrogen-bond donors (Lipinski definition) is 0. The summed E-state index contributed by atoms with van der Waals surface area (Å²) in [5, 5.41) is 13.0. The van der Waals surface area contributed by atoms with Crippen molar-refractivity contribution in [2.24, 2.45) is 0 Å². The van der Waals surface area contributed by atoms with Gasteiger partial charge in [-0.05, 0) is 75.5 Å². The number of fused-ring (bicyclic) bond motifs is 12. The Kier molecular flexibility index (Phi) is 5.27. The molecule has 0 unspecified atom stereocenters. The highest BCUT2D eigenvalue weighted by molar-refractivity contribution is 7.85. The number of benzene rings is 8. The fourth-order valence-corrected chi connectivity index (χ4v) is 10.3. The standard InChI is InChI=1S/C42H25O3P/c43-46(26-20-22-39-35(24-26)31-13-5-7-17-37(31)44-39,27-21-23-40-36(25-27)32-14-6-8-18-38(32)45-40)41-19-9-16-34-30-11-2-1-10-28(30)29-12-3-4-15-33(29)42(34)41/h1-25H. The Bertz CT molecular complexity index is 2750. The van der Waals surface area contributed by atoms with Crippen LogP contribution in [0, 0.1) is 0 Å². The van der Waals surface area contributed by atoms with Crippen LogP contribution in [0.3, 0.4) is 0 Å². The highest BCUT2D eigenvalue weighted by atomic mass is 31.2. The Morgan fingerprint density at radius 1 is 0.348 bits per heavy atom. The maximum atomic E-state index is 16.6. The highest BCUT2D eigenvalue weighted by Gasteiger charge is 2.34. The van der Waals surface area contributed by atoms with Gasteiger partial charge in [-0.3, -0.25) is 0 Å². The molecule has 46 heavy (non-hydrogen) atoms. The van der Waals surface area contributed by atoms with Crippen LogP contribution in [-0.2, 0) is 4.57 Å².